The first-order chi connectivity index (χ1) is 31.0. The van der Waals surface area contributed by atoms with Crippen LogP contribution in [0.2, 0.25) is 0 Å². The molecule has 1 fully saturated rings. The number of benzene rings is 4. The monoisotopic (exact) mass is 909 g/mol. The van der Waals surface area contributed by atoms with Gasteiger partial charge in [0.15, 0.2) is 0 Å². The summed E-state index contributed by atoms with van der Waals surface area (Å²) in [6.07, 6.45) is 0.385. The number of aromatic nitrogens is 1. The predicted octanol–water partition coefficient (Wildman–Crippen LogP) is 10.1. The van der Waals surface area contributed by atoms with Crippen LogP contribution >= 0.6 is 11.8 Å². The molecule has 15 heteroatoms. The number of anilines is 2. The molecular weight excluding hydrogens is 856 g/mol. The number of nitrogens with one attached hydrogen (secondary N) is 2. The lowest BCUT2D eigenvalue weighted by atomic mass is 10.0. The largest absolute Gasteiger partial charge is 0.460 e. The molecule has 1 aromatic heterocycles. The van der Waals surface area contributed by atoms with E-state index in [1.807, 2.05) is 75.4 Å². The Bertz CT molecular complexity index is 2470. The minimum absolute atomic E-state index is 0.106. The third-order valence-electron chi connectivity index (χ3n) is 10.4. The van der Waals surface area contributed by atoms with Crippen molar-refractivity contribution in [3.63, 3.8) is 0 Å². The molecule has 0 radical (unpaired) electrons. The van der Waals surface area contributed by atoms with Gasteiger partial charge in [0, 0.05) is 78.0 Å². The Labute approximate surface area is 382 Å². The summed E-state index contributed by atoms with van der Waals surface area (Å²) in [5.74, 6) is -0.799. The van der Waals surface area contributed by atoms with E-state index in [0.717, 1.165) is 60.6 Å². The molecule has 2 heterocycles. The van der Waals surface area contributed by atoms with Gasteiger partial charge in [-0.3, -0.25) is 24.2 Å². The molecule has 3 amide bonds. The van der Waals surface area contributed by atoms with E-state index in [-0.39, 0.29) is 49.5 Å². The number of hydrogen-bond acceptors (Lipinski definition) is 9. The highest BCUT2D eigenvalue weighted by Crippen LogP contribution is 2.34. The van der Waals surface area contributed by atoms with Crippen molar-refractivity contribution >= 4 is 46.8 Å². The summed E-state index contributed by atoms with van der Waals surface area (Å²) in [6, 6.07) is 28.4. The number of hydrogen-bond donors (Lipinski definition) is 2. The first-order valence-corrected chi connectivity index (χ1v) is 22.5. The Morgan fingerprint density at radius 3 is 2.28 bits per heavy atom. The molecule has 1 aliphatic heterocycles. The fourth-order valence-electron chi connectivity index (χ4n) is 7.12. The van der Waals surface area contributed by atoms with Crippen LogP contribution in [0, 0.1) is 0 Å². The van der Waals surface area contributed by atoms with Crippen molar-refractivity contribution in [3.05, 3.63) is 143 Å². The number of likely N-dealkylation sites (N-methyl/N-ethyl adjacent to an activating group) is 1. The number of carbonyl (C=O) groups is 4. The van der Waals surface area contributed by atoms with E-state index in [2.05, 4.69) is 20.5 Å². The van der Waals surface area contributed by atoms with Crippen molar-refractivity contribution in [2.24, 2.45) is 0 Å². The van der Waals surface area contributed by atoms with Gasteiger partial charge >= 0.3 is 12.1 Å². The van der Waals surface area contributed by atoms with Crippen molar-refractivity contribution in [1.82, 2.24) is 15.2 Å². The number of alkyl halides is 3. The summed E-state index contributed by atoms with van der Waals surface area (Å²) < 4.78 is 50.7. The van der Waals surface area contributed by atoms with E-state index in [1.54, 1.807) is 30.1 Å². The average molecular weight is 910 g/mol. The number of halogens is 3. The van der Waals surface area contributed by atoms with Gasteiger partial charge in [0.25, 0.3) is 17.7 Å². The molecule has 2 N–H and O–H groups in total. The number of thioether (sulfide) groups is 1. The minimum Gasteiger partial charge on any atom is -0.460 e. The number of amides is 3. The van der Waals surface area contributed by atoms with E-state index in [1.165, 1.54) is 36.2 Å². The van der Waals surface area contributed by atoms with Crippen LogP contribution in [0.5, 0.6) is 0 Å². The number of esters is 1. The zero-order chi connectivity index (χ0) is 46.6. The van der Waals surface area contributed by atoms with Crippen LogP contribution in [0.4, 0.5) is 24.5 Å². The third kappa shape index (κ3) is 14.4. The maximum Gasteiger partial charge on any atom is 0.416 e. The molecule has 0 bridgehead atoms. The predicted molar refractivity (Wildman–Crippen MR) is 247 cm³/mol. The summed E-state index contributed by atoms with van der Waals surface area (Å²) in [5.41, 5.74) is 3.55. The van der Waals surface area contributed by atoms with E-state index in [0.29, 0.717) is 45.9 Å². The second kappa shape index (κ2) is 22.1. The minimum atomic E-state index is -4.50. The Hall–Kier alpha value is -6.19. The van der Waals surface area contributed by atoms with Crippen LogP contribution in [-0.4, -0.2) is 79.1 Å². The first kappa shape index (κ1) is 48.3. The van der Waals surface area contributed by atoms with Crippen LogP contribution in [0.1, 0.15) is 94.2 Å². The van der Waals surface area contributed by atoms with Gasteiger partial charge < -0.3 is 29.9 Å². The number of carbonyl (C=O) groups excluding carboxylic acids is 4. The summed E-state index contributed by atoms with van der Waals surface area (Å²) in [5, 5.41) is 5.78. The molecule has 0 aliphatic carbocycles. The van der Waals surface area contributed by atoms with Crippen LogP contribution < -0.4 is 15.5 Å². The number of rotatable bonds is 17. The number of pyridine rings is 1. The average Bonchev–Trinajstić information content (AvgIpc) is 3.29. The van der Waals surface area contributed by atoms with Gasteiger partial charge in [-0.25, -0.2) is 0 Å². The molecule has 342 valence electrons. The second-order valence-electron chi connectivity index (χ2n) is 16.7. The quantitative estimate of drug-likeness (QED) is 0.0532. The first-order valence-electron chi connectivity index (χ1n) is 21.5. The maximum atomic E-state index is 13.9. The Morgan fingerprint density at radius 1 is 0.785 bits per heavy atom. The Morgan fingerprint density at radius 2 is 1.51 bits per heavy atom. The van der Waals surface area contributed by atoms with Gasteiger partial charge in [-0.15, -0.1) is 11.8 Å². The standard InChI is InChI=1S/C50H54F3N5O6S/c1-49(2,3)64-45(59)20-25-63-26-24-57(4)48(62)38-14-10-16-41(29-38)65-33-35-12-8-13-36(27-35)47(61)56-43-18-17-40(58-22-6-5-7-23-58)31-42(43)44-30-37(19-21-54-44)46(60)55-32-34-11-9-15-39(28-34)50(51,52)53/h8-19,21,27-31H,5-7,20,22-26,32-33H2,1-4H3,(H,55,60)(H,56,61). The van der Waals surface area contributed by atoms with Crippen LogP contribution in [0.3, 0.4) is 0 Å². The SMILES string of the molecule is CN(CCOCCC(=O)OC(C)(C)C)C(=O)c1cccc(SCc2cccc(C(=O)Nc3ccc(N4CCCCC4)cc3-c3cc(C(=O)NCc4cccc(C(F)(F)F)c4)ccn3)c2)c1. The highest BCUT2D eigenvalue weighted by molar-refractivity contribution is 7.98. The molecule has 0 unspecified atom stereocenters. The zero-order valence-corrected chi connectivity index (χ0v) is 37.8. The molecule has 6 rings (SSSR count). The van der Waals surface area contributed by atoms with Gasteiger partial charge in [0.2, 0.25) is 0 Å². The fraction of sp³-hybridized carbons (Fsp3) is 0.340. The highest BCUT2D eigenvalue weighted by atomic mass is 32.2. The Balaban J connectivity index is 1.10. The van der Waals surface area contributed by atoms with Gasteiger partial charge in [0.1, 0.15) is 5.60 Å². The van der Waals surface area contributed by atoms with Crippen molar-refractivity contribution in [2.75, 3.05) is 50.1 Å². The van der Waals surface area contributed by atoms with Crippen molar-refractivity contribution < 1.29 is 41.8 Å². The molecule has 1 aliphatic rings. The van der Waals surface area contributed by atoms with Gasteiger partial charge in [-0.1, -0.05) is 30.3 Å². The van der Waals surface area contributed by atoms with Crippen molar-refractivity contribution in [1.29, 1.82) is 0 Å². The summed E-state index contributed by atoms with van der Waals surface area (Å²) >= 11 is 1.53. The molecule has 4 aromatic carbocycles. The molecule has 65 heavy (non-hydrogen) atoms. The highest BCUT2D eigenvalue weighted by Gasteiger charge is 2.30. The zero-order valence-electron chi connectivity index (χ0n) is 37.0. The van der Waals surface area contributed by atoms with Crippen LogP contribution in [0.25, 0.3) is 11.3 Å². The van der Waals surface area contributed by atoms with Gasteiger partial charge in [0.05, 0.1) is 36.6 Å². The normalized spacial score (nSPS) is 12.9. The van der Waals surface area contributed by atoms with E-state index in [4.69, 9.17) is 9.47 Å². The van der Waals surface area contributed by atoms with Crippen molar-refractivity contribution in [2.45, 2.75) is 75.4 Å². The van der Waals surface area contributed by atoms with Gasteiger partial charge in [-0.05, 0) is 124 Å². The van der Waals surface area contributed by atoms with E-state index >= 15 is 0 Å². The molecule has 1 saturated heterocycles. The van der Waals surface area contributed by atoms with Crippen LogP contribution in [-0.2, 0) is 32.7 Å². The lowest BCUT2D eigenvalue weighted by Crippen LogP contribution is -2.30. The fourth-order valence-corrected chi connectivity index (χ4v) is 8.02. The molecule has 11 nitrogen and oxygen atoms in total. The Kier molecular flexibility index (Phi) is 16.4. The van der Waals surface area contributed by atoms with Crippen molar-refractivity contribution in [3.8, 4) is 11.3 Å². The van der Waals surface area contributed by atoms with Crippen LogP contribution in [0.15, 0.2) is 114 Å². The lowest BCUT2D eigenvalue weighted by molar-refractivity contribution is -0.156. The molecule has 5 aromatic rings. The molecule has 0 atom stereocenters. The topological polar surface area (TPSA) is 130 Å². The molecule has 0 saturated carbocycles. The number of piperidine rings is 1. The third-order valence-corrected chi connectivity index (χ3v) is 11.5. The van der Waals surface area contributed by atoms with E-state index in [9.17, 15) is 32.3 Å². The summed E-state index contributed by atoms with van der Waals surface area (Å²) in [7, 11) is 1.70. The number of ether oxygens (including phenoxy) is 2. The maximum absolute atomic E-state index is 13.9. The lowest BCUT2D eigenvalue weighted by Gasteiger charge is -2.29. The summed E-state index contributed by atoms with van der Waals surface area (Å²) in [6.45, 7) is 7.91. The second-order valence-corrected chi connectivity index (χ2v) is 17.8. The molecular formula is C50H54F3N5O6S. The molecule has 0 spiro atoms. The van der Waals surface area contributed by atoms with E-state index < -0.39 is 23.2 Å². The number of nitrogens with zero attached hydrogens (tertiary/aromatic N) is 3. The smallest absolute Gasteiger partial charge is 0.416 e. The summed E-state index contributed by atoms with van der Waals surface area (Å²) in [4.78, 5) is 61.7. The van der Waals surface area contributed by atoms with Gasteiger partial charge in [-0.2, -0.15) is 13.2 Å².